The number of amides is 1. The van der Waals surface area contributed by atoms with Crippen molar-refractivity contribution in [3.05, 3.63) is 160 Å². The zero-order chi connectivity index (χ0) is 43.1. The van der Waals surface area contributed by atoms with Gasteiger partial charge in [-0.15, -0.1) is 0 Å². The molecule has 3 N–H and O–H groups in total. The fourth-order valence-corrected chi connectivity index (χ4v) is 5.18. The van der Waals surface area contributed by atoms with Gasteiger partial charge in [0.1, 0.15) is 5.78 Å². The van der Waals surface area contributed by atoms with Gasteiger partial charge in [0.05, 0.1) is 48.2 Å². The molecule has 0 fully saturated rings. The maximum absolute atomic E-state index is 11.7. The van der Waals surface area contributed by atoms with E-state index in [4.69, 9.17) is 0 Å². The van der Waals surface area contributed by atoms with Crippen LogP contribution in [0.3, 0.4) is 0 Å². The molecule has 6 rings (SSSR count). The Morgan fingerprint density at radius 2 is 1.12 bits per heavy atom. The molecule has 17 heteroatoms. The highest BCUT2D eigenvalue weighted by Gasteiger charge is 2.27. The number of nitrogens with zero attached hydrogens (tertiary/aromatic N) is 2. The van der Waals surface area contributed by atoms with Gasteiger partial charge in [-0.1, -0.05) is 66.7 Å². The Bertz CT molecular complexity index is 2560. The molecular formula is C41H39N5O12. The van der Waals surface area contributed by atoms with E-state index in [1.54, 1.807) is 0 Å². The number of nitrogens with one attached hydrogen (secondary N) is 3. The highest BCUT2D eigenvalue weighted by atomic mass is 16.2. The summed E-state index contributed by atoms with van der Waals surface area (Å²) in [7, 11) is 0. The molecule has 0 spiro atoms. The van der Waals surface area contributed by atoms with Crippen molar-refractivity contribution in [2.45, 2.75) is 60.0 Å². The zero-order valence-corrected chi connectivity index (χ0v) is 31.9. The first-order chi connectivity index (χ1) is 27.4. The largest absolute Gasteiger partial charge is 0.328 e. The number of aromatic amines is 3. The van der Waals surface area contributed by atoms with Crippen molar-refractivity contribution in [1.29, 1.82) is 0 Å². The topological polar surface area (TPSA) is 260 Å². The number of aromatic nitrogens is 4. The van der Waals surface area contributed by atoms with Gasteiger partial charge in [-0.3, -0.25) is 62.5 Å². The Balaban J connectivity index is 0.000000213. The maximum atomic E-state index is 11.7. The van der Waals surface area contributed by atoms with E-state index >= 15 is 0 Å². The first-order valence-corrected chi connectivity index (χ1v) is 17.4. The van der Waals surface area contributed by atoms with Crippen LogP contribution in [-0.2, 0) is 41.9 Å². The van der Waals surface area contributed by atoms with E-state index in [1.165, 1.54) is 55.6 Å². The molecule has 1 aliphatic carbocycles. The number of Topliss-reactive ketones (excluding diaryl/α,β-unsaturated/α-hetero) is 7. The van der Waals surface area contributed by atoms with Gasteiger partial charge in [-0.05, 0) is 38.8 Å². The van der Waals surface area contributed by atoms with Crippen molar-refractivity contribution in [3.8, 4) is 0 Å². The molecule has 17 nitrogen and oxygen atoms in total. The normalized spacial score (nSPS) is 13.3. The molecule has 4 aromatic rings. The van der Waals surface area contributed by atoms with Crippen LogP contribution in [0.2, 0.25) is 0 Å². The minimum absolute atomic E-state index is 0.00877. The van der Waals surface area contributed by atoms with Crippen LogP contribution in [0.1, 0.15) is 78.8 Å². The van der Waals surface area contributed by atoms with E-state index in [2.05, 4.69) is 9.97 Å². The quantitative estimate of drug-likeness (QED) is 0.131. The average Bonchev–Trinajstić information content (AvgIpc) is 3.15. The van der Waals surface area contributed by atoms with Crippen LogP contribution >= 0.6 is 0 Å². The second kappa shape index (κ2) is 20.9. The molecule has 0 bridgehead atoms. The second-order valence-corrected chi connectivity index (χ2v) is 12.7. The predicted octanol–water partition coefficient (Wildman–Crippen LogP) is 1.95. The molecular weight excluding hydrogens is 754 g/mol. The van der Waals surface area contributed by atoms with E-state index in [-0.39, 0.29) is 82.1 Å². The highest BCUT2D eigenvalue weighted by Crippen LogP contribution is 2.16. The monoisotopic (exact) mass is 793 g/mol. The summed E-state index contributed by atoms with van der Waals surface area (Å²) in [6, 6.07) is 18.8. The number of hydrogen-bond donors (Lipinski definition) is 3. The summed E-state index contributed by atoms with van der Waals surface area (Å²) in [6.45, 7) is 5.91. The van der Waals surface area contributed by atoms with E-state index in [0.29, 0.717) is 13.1 Å². The molecule has 58 heavy (non-hydrogen) atoms. The van der Waals surface area contributed by atoms with Crippen LogP contribution in [0.4, 0.5) is 0 Å². The third-order valence-electron chi connectivity index (χ3n) is 8.15. The Kier molecular flexibility index (Phi) is 16.2. The summed E-state index contributed by atoms with van der Waals surface area (Å²) in [5.74, 6) is -2.40. The van der Waals surface area contributed by atoms with Crippen molar-refractivity contribution in [2.24, 2.45) is 0 Å². The number of H-pyrrole nitrogens is 3. The molecule has 0 saturated heterocycles. The van der Waals surface area contributed by atoms with Gasteiger partial charge in [0.2, 0.25) is 5.91 Å². The average molecular weight is 794 g/mol. The molecule has 1 amide bonds. The summed E-state index contributed by atoms with van der Waals surface area (Å²) in [6.07, 6.45) is 5.07. The fraction of sp³-hybridized carbons (Fsp3) is 0.220. The molecule has 2 aromatic carbocycles. The van der Waals surface area contributed by atoms with E-state index in [1.807, 2.05) is 65.6 Å². The summed E-state index contributed by atoms with van der Waals surface area (Å²) < 4.78 is 1.31. The summed E-state index contributed by atoms with van der Waals surface area (Å²) in [4.78, 5) is 141. The minimum atomic E-state index is -0.652. The van der Waals surface area contributed by atoms with Crippen molar-refractivity contribution in [3.63, 3.8) is 0 Å². The predicted molar refractivity (Wildman–Crippen MR) is 208 cm³/mol. The van der Waals surface area contributed by atoms with E-state index in [0.717, 1.165) is 17.3 Å². The Labute approximate surface area is 329 Å². The van der Waals surface area contributed by atoms with Gasteiger partial charge in [0.25, 0.3) is 11.1 Å². The Morgan fingerprint density at radius 3 is 1.62 bits per heavy atom. The summed E-state index contributed by atoms with van der Waals surface area (Å²) in [5, 5.41) is 0. The first kappa shape index (κ1) is 44.8. The summed E-state index contributed by atoms with van der Waals surface area (Å²) in [5.41, 5.74) is -0.308. The minimum Gasteiger partial charge on any atom is -0.313 e. The SMILES string of the molecule is CC(=O)C1=CCC(=O)CC1=O.CC(=O)C1=CN(Cc2ccccc2)C(=O)CC1=O.CC(=O)c1c[nH]c(=O)[nH]c1=O.CC(=O)c1cn(Cc2ccccc2)c(=O)[nH]c1=O. The molecule has 0 saturated carbocycles. The number of ketones is 7. The van der Waals surface area contributed by atoms with Crippen molar-refractivity contribution >= 4 is 46.4 Å². The van der Waals surface area contributed by atoms with Gasteiger partial charge in [0.15, 0.2) is 34.7 Å². The van der Waals surface area contributed by atoms with Gasteiger partial charge < -0.3 is 9.88 Å². The van der Waals surface area contributed by atoms with Crippen molar-refractivity contribution in [1.82, 2.24) is 24.4 Å². The van der Waals surface area contributed by atoms with Crippen LogP contribution in [-0.4, -0.2) is 70.8 Å². The molecule has 0 atom stereocenters. The Hall–Kier alpha value is -7.56. The lowest BCUT2D eigenvalue weighted by atomic mass is 9.95. The zero-order valence-electron chi connectivity index (χ0n) is 31.9. The van der Waals surface area contributed by atoms with Gasteiger partial charge in [-0.2, -0.15) is 0 Å². The lowest BCUT2D eigenvalue weighted by Crippen LogP contribution is -2.34. The fourth-order valence-electron chi connectivity index (χ4n) is 5.18. The number of carbonyl (C=O) groups is 8. The summed E-state index contributed by atoms with van der Waals surface area (Å²) >= 11 is 0. The molecule has 2 aliphatic rings. The van der Waals surface area contributed by atoms with Crippen LogP contribution < -0.4 is 22.5 Å². The first-order valence-electron chi connectivity index (χ1n) is 17.4. The van der Waals surface area contributed by atoms with Gasteiger partial charge in [-0.25, -0.2) is 9.59 Å². The third-order valence-corrected chi connectivity index (χ3v) is 8.15. The Morgan fingerprint density at radius 1 is 0.603 bits per heavy atom. The number of hydrogen-bond acceptors (Lipinski definition) is 12. The van der Waals surface area contributed by atoms with Crippen LogP contribution in [0.25, 0.3) is 0 Å². The lowest BCUT2D eigenvalue weighted by molar-refractivity contribution is -0.135. The molecule has 1 aliphatic heterocycles. The highest BCUT2D eigenvalue weighted by molar-refractivity contribution is 6.25. The van der Waals surface area contributed by atoms with Gasteiger partial charge in [0, 0.05) is 25.0 Å². The number of benzene rings is 2. The van der Waals surface area contributed by atoms with Crippen LogP contribution in [0.5, 0.6) is 0 Å². The van der Waals surface area contributed by atoms with Gasteiger partial charge >= 0.3 is 11.4 Å². The maximum Gasteiger partial charge on any atom is 0.328 e. The van der Waals surface area contributed by atoms with E-state index in [9.17, 15) is 57.5 Å². The standard InChI is InChI=1S/C14H13NO3.C13H12N2O3.C8H8O3.C6H6N2O3/c1-10(16)12-9-15(14(18)7-13(12)17)8-11-5-3-2-4-6-11;1-9(16)11-8-15(13(18)14-12(11)17)7-10-5-3-2-4-6-10;1-5(9)7-3-2-6(10)4-8(7)11;1-3(9)4-2-7-6(11)8-5(4)10/h2-6,9H,7-8H2,1H3;2-6,8H,7H2,1H3,(H,14,17,18);3H,2,4H2,1H3;2H,1H3,(H2,7,8,10,11). The van der Waals surface area contributed by atoms with Crippen molar-refractivity contribution in [2.75, 3.05) is 0 Å². The molecule has 300 valence electrons. The van der Waals surface area contributed by atoms with E-state index < -0.39 is 28.3 Å². The smallest absolute Gasteiger partial charge is 0.313 e. The molecule has 0 unspecified atom stereocenters. The molecule has 0 radical (unpaired) electrons. The lowest BCUT2D eigenvalue weighted by Gasteiger charge is -2.23. The van der Waals surface area contributed by atoms with Crippen LogP contribution in [0.15, 0.2) is 116 Å². The third kappa shape index (κ3) is 13.3. The molecule has 3 heterocycles. The number of carbonyl (C=O) groups excluding carboxylic acids is 8. The van der Waals surface area contributed by atoms with Crippen LogP contribution in [0, 0.1) is 0 Å². The van der Waals surface area contributed by atoms with Crippen molar-refractivity contribution < 1.29 is 38.4 Å². The molecule has 2 aromatic heterocycles. The second-order valence-electron chi connectivity index (χ2n) is 12.7. The number of rotatable bonds is 8. The number of allylic oxidation sites excluding steroid dienone is 3.